The Labute approximate surface area is 112 Å². The van der Waals surface area contributed by atoms with Crippen LogP contribution >= 0.6 is 0 Å². The molecule has 0 fully saturated rings. The first kappa shape index (κ1) is 13.1. The van der Waals surface area contributed by atoms with Gasteiger partial charge in [0, 0.05) is 19.3 Å². The first-order valence-corrected chi connectivity index (χ1v) is 6.13. The zero-order valence-electron chi connectivity index (χ0n) is 10.9. The van der Waals surface area contributed by atoms with E-state index < -0.39 is 0 Å². The maximum Gasteiger partial charge on any atom is 0.228 e. The van der Waals surface area contributed by atoms with Crippen molar-refractivity contribution in [2.45, 2.75) is 13.0 Å². The standard InChI is InChI=1S/C15H17N3O/c1-18(11-12-5-3-2-4-6-12)15(19)9-14-8-7-13(16)10-17-14/h2-8,10H,9,11,16H2,1H3. The molecule has 0 aliphatic rings. The number of carbonyl (C=O) groups excluding carboxylic acids is 1. The Bertz CT molecular complexity index is 537. The van der Waals surface area contributed by atoms with E-state index in [0.717, 1.165) is 11.3 Å². The Hall–Kier alpha value is -2.36. The highest BCUT2D eigenvalue weighted by atomic mass is 16.2. The second-order valence-corrected chi connectivity index (χ2v) is 4.50. The Kier molecular flexibility index (Phi) is 4.13. The fraction of sp³-hybridized carbons (Fsp3) is 0.200. The van der Waals surface area contributed by atoms with Crippen molar-refractivity contribution in [2.75, 3.05) is 12.8 Å². The van der Waals surface area contributed by atoms with Gasteiger partial charge in [-0.15, -0.1) is 0 Å². The maximum atomic E-state index is 12.1. The minimum absolute atomic E-state index is 0.0427. The van der Waals surface area contributed by atoms with Crippen molar-refractivity contribution < 1.29 is 4.79 Å². The predicted octanol–water partition coefficient (Wildman–Crippen LogP) is 1.86. The van der Waals surface area contributed by atoms with E-state index in [1.54, 1.807) is 30.3 Å². The summed E-state index contributed by atoms with van der Waals surface area (Å²) in [7, 11) is 1.80. The summed E-state index contributed by atoms with van der Waals surface area (Å²) < 4.78 is 0. The lowest BCUT2D eigenvalue weighted by Gasteiger charge is -2.17. The average molecular weight is 255 g/mol. The Balaban J connectivity index is 1.94. The van der Waals surface area contributed by atoms with Crippen molar-refractivity contribution in [3.05, 3.63) is 59.9 Å². The van der Waals surface area contributed by atoms with Gasteiger partial charge >= 0.3 is 0 Å². The number of aromatic nitrogens is 1. The van der Waals surface area contributed by atoms with Gasteiger partial charge in [-0.25, -0.2) is 0 Å². The molecule has 2 N–H and O–H groups in total. The van der Waals surface area contributed by atoms with E-state index in [9.17, 15) is 4.79 Å². The molecule has 19 heavy (non-hydrogen) atoms. The number of hydrogen-bond donors (Lipinski definition) is 1. The molecule has 0 aliphatic heterocycles. The third kappa shape index (κ3) is 3.81. The molecule has 0 aliphatic carbocycles. The topological polar surface area (TPSA) is 59.2 Å². The van der Waals surface area contributed by atoms with Crippen LogP contribution < -0.4 is 5.73 Å². The SMILES string of the molecule is CN(Cc1ccccc1)C(=O)Cc1ccc(N)cn1. The van der Waals surface area contributed by atoms with Gasteiger partial charge in [0.1, 0.15) is 0 Å². The van der Waals surface area contributed by atoms with E-state index in [1.165, 1.54) is 0 Å². The molecular formula is C15H17N3O. The fourth-order valence-electron chi connectivity index (χ4n) is 1.78. The summed E-state index contributed by atoms with van der Waals surface area (Å²) in [6.07, 6.45) is 1.86. The lowest BCUT2D eigenvalue weighted by atomic mass is 10.2. The van der Waals surface area contributed by atoms with Crippen LogP contribution in [0.15, 0.2) is 48.7 Å². The van der Waals surface area contributed by atoms with Gasteiger partial charge in [-0.05, 0) is 17.7 Å². The second-order valence-electron chi connectivity index (χ2n) is 4.50. The number of anilines is 1. The van der Waals surface area contributed by atoms with Gasteiger partial charge in [0.25, 0.3) is 0 Å². The van der Waals surface area contributed by atoms with Crippen molar-refractivity contribution in [3.63, 3.8) is 0 Å². The highest BCUT2D eigenvalue weighted by Crippen LogP contribution is 2.06. The van der Waals surface area contributed by atoms with Crippen LogP contribution in [0, 0.1) is 0 Å². The van der Waals surface area contributed by atoms with Crippen LogP contribution in [0.2, 0.25) is 0 Å². The fourth-order valence-corrected chi connectivity index (χ4v) is 1.78. The van der Waals surface area contributed by atoms with Crippen LogP contribution in [0.3, 0.4) is 0 Å². The van der Waals surface area contributed by atoms with E-state index in [-0.39, 0.29) is 5.91 Å². The van der Waals surface area contributed by atoms with E-state index >= 15 is 0 Å². The summed E-state index contributed by atoms with van der Waals surface area (Å²) in [5, 5.41) is 0. The van der Waals surface area contributed by atoms with Gasteiger partial charge in [0.2, 0.25) is 5.91 Å². The van der Waals surface area contributed by atoms with E-state index in [4.69, 9.17) is 5.73 Å². The molecule has 1 heterocycles. The first-order valence-electron chi connectivity index (χ1n) is 6.13. The largest absolute Gasteiger partial charge is 0.397 e. The molecule has 1 aromatic heterocycles. The zero-order valence-corrected chi connectivity index (χ0v) is 10.9. The quantitative estimate of drug-likeness (QED) is 0.907. The molecule has 0 unspecified atom stereocenters. The molecule has 98 valence electrons. The van der Waals surface area contributed by atoms with Gasteiger partial charge in [0.15, 0.2) is 0 Å². The third-order valence-electron chi connectivity index (χ3n) is 2.87. The first-order chi connectivity index (χ1) is 9.15. The van der Waals surface area contributed by atoms with Gasteiger partial charge in [0.05, 0.1) is 18.3 Å². The summed E-state index contributed by atoms with van der Waals surface area (Å²) in [6.45, 7) is 0.606. The number of likely N-dealkylation sites (N-methyl/N-ethyl adjacent to an activating group) is 1. The molecule has 0 radical (unpaired) electrons. The third-order valence-corrected chi connectivity index (χ3v) is 2.87. The molecule has 1 aromatic carbocycles. The summed E-state index contributed by atoms with van der Waals surface area (Å²) in [6, 6.07) is 13.4. The normalized spacial score (nSPS) is 10.2. The van der Waals surface area contributed by atoms with Crippen LogP contribution in [0.1, 0.15) is 11.3 Å². The van der Waals surface area contributed by atoms with Crippen molar-refractivity contribution in [1.82, 2.24) is 9.88 Å². The number of carbonyl (C=O) groups is 1. The molecule has 4 heteroatoms. The lowest BCUT2D eigenvalue weighted by molar-refractivity contribution is -0.129. The molecule has 2 aromatic rings. The number of hydrogen-bond acceptors (Lipinski definition) is 3. The number of nitrogens with zero attached hydrogens (tertiary/aromatic N) is 2. The van der Waals surface area contributed by atoms with Gasteiger partial charge < -0.3 is 10.6 Å². The number of nitrogen functional groups attached to an aromatic ring is 1. The van der Waals surface area contributed by atoms with Crippen LogP contribution in [-0.2, 0) is 17.8 Å². The number of amides is 1. The minimum atomic E-state index is 0.0427. The predicted molar refractivity (Wildman–Crippen MR) is 75.3 cm³/mol. The highest BCUT2D eigenvalue weighted by molar-refractivity contribution is 5.78. The van der Waals surface area contributed by atoms with Crippen LogP contribution in [0.5, 0.6) is 0 Å². The number of pyridine rings is 1. The van der Waals surface area contributed by atoms with E-state index in [1.807, 2.05) is 30.3 Å². The molecule has 4 nitrogen and oxygen atoms in total. The Morgan fingerprint density at radius 2 is 1.95 bits per heavy atom. The Morgan fingerprint density at radius 3 is 2.58 bits per heavy atom. The van der Waals surface area contributed by atoms with Crippen molar-refractivity contribution >= 4 is 11.6 Å². The molecule has 1 amide bonds. The van der Waals surface area contributed by atoms with Gasteiger partial charge in [-0.3, -0.25) is 9.78 Å². The molecule has 0 bridgehead atoms. The van der Waals surface area contributed by atoms with Crippen molar-refractivity contribution in [2.24, 2.45) is 0 Å². The molecule has 0 saturated carbocycles. The van der Waals surface area contributed by atoms with Crippen molar-refractivity contribution in [3.8, 4) is 0 Å². The number of nitrogens with two attached hydrogens (primary N) is 1. The molecular weight excluding hydrogens is 238 g/mol. The lowest BCUT2D eigenvalue weighted by Crippen LogP contribution is -2.27. The van der Waals surface area contributed by atoms with Crippen molar-refractivity contribution in [1.29, 1.82) is 0 Å². The summed E-state index contributed by atoms with van der Waals surface area (Å²) >= 11 is 0. The second kappa shape index (κ2) is 6.00. The smallest absolute Gasteiger partial charge is 0.228 e. The highest BCUT2D eigenvalue weighted by Gasteiger charge is 2.10. The van der Waals surface area contributed by atoms with Crippen LogP contribution in [0.25, 0.3) is 0 Å². The van der Waals surface area contributed by atoms with E-state index in [2.05, 4.69) is 4.98 Å². The average Bonchev–Trinajstić information content (AvgIpc) is 2.42. The number of rotatable bonds is 4. The minimum Gasteiger partial charge on any atom is -0.397 e. The van der Waals surface area contributed by atoms with Crippen LogP contribution in [-0.4, -0.2) is 22.8 Å². The monoisotopic (exact) mass is 255 g/mol. The van der Waals surface area contributed by atoms with Gasteiger partial charge in [-0.2, -0.15) is 0 Å². The number of benzene rings is 1. The Morgan fingerprint density at radius 1 is 1.21 bits per heavy atom. The summed E-state index contributed by atoms with van der Waals surface area (Å²) in [4.78, 5) is 17.9. The maximum absolute atomic E-state index is 12.1. The zero-order chi connectivity index (χ0) is 13.7. The molecule has 0 atom stereocenters. The van der Waals surface area contributed by atoms with E-state index in [0.29, 0.717) is 18.7 Å². The molecule has 0 saturated heterocycles. The van der Waals surface area contributed by atoms with Gasteiger partial charge in [-0.1, -0.05) is 30.3 Å². The van der Waals surface area contributed by atoms with Crippen LogP contribution in [0.4, 0.5) is 5.69 Å². The molecule has 2 rings (SSSR count). The summed E-state index contributed by atoms with van der Waals surface area (Å²) in [5.41, 5.74) is 8.02. The molecule has 0 spiro atoms. The summed E-state index contributed by atoms with van der Waals surface area (Å²) in [5.74, 6) is 0.0427.